The molecule has 1 aliphatic carbocycles. The number of hydrogen-bond donors (Lipinski definition) is 0. The van der Waals surface area contributed by atoms with Gasteiger partial charge in [-0.2, -0.15) is 0 Å². The third-order valence-electron chi connectivity index (χ3n) is 1.61. The third kappa shape index (κ3) is 2.58. The zero-order chi connectivity index (χ0) is 8.27. The van der Waals surface area contributed by atoms with Gasteiger partial charge in [0.25, 0.3) is 0 Å². The molecule has 1 aliphatic rings. The lowest BCUT2D eigenvalue weighted by molar-refractivity contribution is -0.125. The predicted molar refractivity (Wildman–Crippen MR) is 44.9 cm³/mol. The molecule has 0 atom stereocenters. The topological polar surface area (TPSA) is 20.3 Å². The van der Waals surface area contributed by atoms with Crippen LogP contribution in [-0.4, -0.2) is 17.4 Å². The van der Waals surface area contributed by atoms with Gasteiger partial charge < -0.3 is 4.90 Å². The molecule has 0 radical (unpaired) electrons. The summed E-state index contributed by atoms with van der Waals surface area (Å²) in [5, 5.41) is 0. The minimum atomic E-state index is 0.0873. The Bertz CT molecular complexity index is 200. The average molecular weight is 151 g/mol. The van der Waals surface area contributed by atoms with Gasteiger partial charge >= 0.3 is 0 Å². The van der Waals surface area contributed by atoms with Gasteiger partial charge in [-0.1, -0.05) is 11.6 Å². The largest absolute Gasteiger partial charge is 0.316 e. The Morgan fingerprint density at radius 1 is 1.73 bits per heavy atom. The van der Waals surface area contributed by atoms with Gasteiger partial charge in [0, 0.05) is 19.7 Å². The molecule has 1 amide bonds. The van der Waals surface area contributed by atoms with E-state index in [9.17, 15) is 4.79 Å². The molecule has 0 aromatic rings. The van der Waals surface area contributed by atoms with E-state index in [1.165, 1.54) is 5.57 Å². The summed E-state index contributed by atoms with van der Waals surface area (Å²) in [6, 6.07) is 0. The first-order valence-corrected chi connectivity index (χ1v) is 3.81. The van der Waals surface area contributed by atoms with Gasteiger partial charge in [0.2, 0.25) is 5.91 Å². The van der Waals surface area contributed by atoms with Crippen molar-refractivity contribution < 1.29 is 4.79 Å². The summed E-state index contributed by atoms with van der Waals surface area (Å²) in [7, 11) is 0. The van der Waals surface area contributed by atoms with E-state index in [4.69, 9.17) is 0 Å². The molecule has 60 valence electrons. The normalized spacial score (nSPS) is 14.1. The highest BCUT2D eigenvalue weighted by molar-refractivity contribution is 5.74. The summed E-state index contributed by atoms with van der Waals surface area (Å²) < 4.78 is 0. The minimum Gasteiger partial charge on any atom is -0.316 e. The number of nitrogens with zero attached hydrogens (tertiary/aromatic N) is 1. The molecule has 0 heterocycles. The van der Waals surface area contributed by atoms with E-state index < -0.39 is 0 Å². The quantitative estimate of drug-likeness (QED) is 0.562. The Morgan fingerprint density at radius 3 is 2.73 bits per heavy atom. The molecule has 0 aromatic carbocycles. The fraction of sp³-hybridized carbons (Fsp3) is 0.444. The molecule has 0 bridgehead atoms. The Balaban J connectivity index is 2.50. The van der Waals surface area contributed by atoms with Crippen LogP contribution in [-0.2, 0) is 4.79 Å². The molecule has 0 spiro atoms. The summed E-state index contributed by atoms with van der Waals surface area (Å²) in [5.74, 6) is 0.0873. The number of amides is 1. The summed E-state index contributed by atoms with van der Waals surface area (Å²) >= 11 is 0. The first kappa shape index (κ1) is 8.05. The molecule has 0 aromatic heterocycles. The van der Waals surface area contributed by atoms with Crippen LogP contribution in [0.5, 0.6) is 0 Å². The highest BCUT2D eigenvalue weighted by atomic mass is 16.2. The summed E-state index contributed by atoms with van der Waals surface area (Å²) in [6.07, 6.45) is 5.98. The number of rotatable bonds is 3. The maximum absolute atomic E-state index is 10.9. The zero-order valence-electron chi connectivity index (χ0n) is 6.84. The highest BCUT2D eigenvalue weighted by Crippen LogP contribution is 2.27. The lowest BCUT2D eigenvalue weighted by Gasteiger charge is -2.12. The van der Waals surface area contributed by atoms with Crippen LogP contribution < -0.4 is 0 Å². The number of carbonyl (C=O) groups is 1. The van der Waals surface area contributed by atoms with Gasteiger partial charge in [-0.15, -0.1) is 6.58 Å². The van der Waals surface area contributed by atoms with Crippen LogP contribution in [0, 0.1) is 0 Å². The fourth-order valence-corrected chi connectivity index (χ4v) is 0.833. The Labute approximate surface area is 67.2 Å². The van der Waals surface area contributed by atoms with Crippen molar-refractivity contribution in [3.8, 4) is 0 Å². The van der Waals surface area contributed by atoms with Crippen molar-refractivity contribution in [1.82, 2.24) is 4.90 Å². The molecule has 1 rings (SSSR count). The summed E-state index contributed by atoms with van der Waals surface area (Å²) in [5.41, 5.74) is 1.36. The molecule has 0 saturated heterocycles. The maximum atomic E-state index is 10.9. The molecule has 11 heavy (non-hydrogen) atoms. The predicted octanol–water partition coefficient (Wildman–Crippen LogP) is 1.70. The molecule has 2 heteroatoms. The van der Waals surface area contributed by atoms with Crippen molar-refractivity contribution in [2.45, 2.75) is 19.8 Å². The average Bonchev–Trinajstić information content (AvgIpc) is 2.70. The second-order valence-corrected chi connectivity index (χ2v) is 2.75. The number of carbonyl (C=O) groups excluding carboxylic acids is 1. The zero-order valence-corrected chi connectivity index (χ0v) is 6.84. The fourth-order valence-electron chi connectivity index (χ4n) is 0.833. The van der Waals surface area contributed by atoms with Crippen LogP contribution in [0.15, 0.2) is 24.4 Å². The number of allylic oxidation sites excluding steroid dienone is 1. The molecule has 0 aliphatic heterocycles. The van der Waals surface area contributed by atoms with E-state index in [2.05, 4.69) is 6.58 Å². The van der Waals surface area contributed by atoms with E-state index in [1.54, 1.807) is 17.9 Å². The van der Waals surface area contributed by atoms with E-state index in [-0.39, 0.29) is 5.91 Å². The first-order chi connectivity index (χ1) is 5.24. The van der Waals surface area contributed by atoms with Gasteiger partial charge in [-0.05, 0) is 12.8 Å². The van der Waals surface area contributed by atoms with Crippen LogP contribution in [0.2, 0.25) is 0 Å². The second-order valence-electron chi connectivity index (χ2n) is 2.75. The molecule has 1 fully saturated rings. The van der Waals surface area contributed by atoms with Crippen LogP contribution in [0.1, 0.15) is 19.8 Å². The van der Waals surface area contributed by atoms with Crippen molar-refractivity contribution >= 4 is 5.91 Å². The van der Waals surface area contributed by atoms with Crippen LogP contribution >= 0.6 is 0 Å². The highest BCUT2D eigenvalue weighted by Gasteiger charge is 2.13. The second kappa shape index (κ2) is 3.37. The van der Waals surface area contributed by atoms with Crippen LogP contribution in [0.4, 0.5) is 0 Å². The third-order valence-corrected chi connectivity index (χ3v) is 1.61. The monoisotopic (exact) mass is 151 g/mol. The molecule has 2 nitrogen and oxygen atoms in total. The Morgan fingerprint density at radius 2 is 2.36 bits per heavy atom. The lowest BCUT2D eigenvalue weighted by atomic mass is 10.4. The molecule has 0 N–H and O–H groups in total. The van der Waals surface area contributed by atoms with E-state index >= 15 is 0 Å². The number of hydrogen-bond acceptors (Lipinski definition) is 1. The first-order valence-electron chi connectivity index (χ1n) is 3.81. The Hall–Kier alpha value is -1.05. The van der Waals surface area contributed by atoms with E-state index in [0.29, 0.717) is 6.54 Å². The minimum absolute atomic E-state index is 0.0873. The van der Waals surface area contributed by atoms with Gasteiger partial charge in [-0.3, -0.25) is 4.79 Å². The standard InChI is InChI=1S/C9H13NO/c1-3-6-10(8(2)11)7-9-4-5-9/h3,7H,1,4-6H2,2H3. The molecular weight excluding hydrogens is 138 g/mol. The molecule has 0 unspecified atom stereocenters. The van der Waals surface area contributed by atoms with Crippen LogP contribution in [0.25, 0.3) is 0 Å². The van der Waals surface area contributed by atoms with E-state index in [1.807, 2.05) is 6.20 Å². The van der Waals surface area contributed by atoms with Gasteiger partial charge in [0.15, 0.2) is 0 Å². The van der Waals surface area contributed by atoms with Crippen molar-refractivity contribution in [3.05, 3.63) is 24.4 Å². The van der Waals surface area contributed by atoms with Crippen molar-refractivity contribution in [2.75, 3.05) is 6.54 Å². The van der Waals surface area contributed by atoms with Gasteiger partial charge in [0.1, 0.15) is 0 Å². The summed E-state index contributed by atoms with van der Waals surface area (Å²) in [4.78, 5) is 12.6. The molecule has 1 saturated carbocycles. The maximum Gasteiger partial charge on any atom is 0.223 e. The van der Waals surface area contributed by atoms with Crippen LogP contribution in [0.3, 0.4) is 0 Å². The SMILES string of the molecule is C=CCN(C=C1CC1)C(C)=O. The molecular formula is C9H13NO. The van der Waals surface area contributed by atoms with Gasteiger partial charge in [0.05, 0.1) is 0 Å². The van der Waals surface area contributed by atoms with Crippen molar-refractivity contribution in [2.24, 2.45) is 0 Å². The van der Waals surface area contributed by atoms with Crippen molar-refractivity contribution in [1.29, 1.82) is 0 Å². The van der Waals surface area contributed by atoms with Crippen molar-refractivity contribution in [3.63, 3.8) is 0 Å². The summed E-state index contributed by atoms with van der Waals surface area (Å²) in [6.45, 7) is 5.78. The Kier molecular flexibility index (Phi) is 2.47. The van der Waals surface area contributed by atoms with E-state index in [0.717, 1.165) is 12.8 Å². The van der Waals surface area contributed by atoms with Gasteiger partial charge in [-0.25, -0.2) is 0 Å². The smallest absolute Gasteiger partial charge is 0.223 e. The lowest BCUT2D eigenvalue weighted by Crippen LogP contribution is -2.22.